The molecule has 2 bridgehead atoms. The molecule has 2 N–H and O–H groups in total. The van der Waals surface area contributed by atoms with Crippen LogP contribution in [0.15, 0.2) is 72.8 Å². The molecule has 8 heteroatoms. The second-order valence-electron chi connectivity index (χ2n) is 10.6. The highest BCUT2D eigenvalue weighted by Gasteiger charge is 2.74. The van der Waals surface area contributed by atoms with E-state index in [-0.39, 0.29) is 36.2 Å². The van der Waals surface area contributed by atoms with Gasteiger partial charge in [0.15, 0.2) is 0 Å². The summed E-state index contributed by atoms with van der Waals surface area (Å²) in [6.07, 6.45) is 1.81. The summed E-state index contributed by atoms with van der Waals surface area (Å²) >= 11 is 1.60. The Morgan fingerprint density at radius 2 is 1.85 bits per heavy atom. The molecular formula is C31H32N2O5S. The van der Waals surface area contributed by atoms with Crippen LogP contribution >= 0.6 is 11.8 Å². The topological polar surface area (TPSA) is 95.9 Å². The van der Waals surface area contributed by atoms with Gasteiger partial charge in [-0.05, 0) is 54.7 Å². The third kappa shape index (κ3) is 4.30. The molecule has 3 aliphatic rings. The largest absolute Gasteiger partial charge is 0.466 e. The van der Waals surface area contributed by atoms with Gasteiger partial charge in [0, 0.05) is 10.9 Å². The maximum Gasteiger partial charge on any atom is 0.310 e. The van der Waals surface area contributed by atoms with Crippen LogP contribution in [0.1, 0.15) is 25.3 Å². The van der Waals surface area contributed by atoms with E-state index >= 15 is 0 Å². The highest BCUT2D eigenvalue weighted by molar-refractivity contribution is 8.02. The number of aliphatic hydroxyl groups is 1. The first-order valence-electron chi connectivity index (χ1n) is 13.6. The number of hydrogen-bond donors (Lipinski definition) is 2. The number of nitrogens with zero attached hydrogens (tertiary/aromatic N) is 1. The van der Waals surface area contributed by atoms with Crippen LogP contribution in [-0.4, -0.2) is 63.1 Å². The minimum Gasteiger partial charge on any atom is -0.466 e. The van der Waals surface area contributed by atoms with E-state index in [4.69, 9.17) is 4.74 Å². The Hall–Kier alpha value is -3.36. The molecule has 3 aromatic carbocycles. The lowest BCUT2D eigenvalue weighted by Crippen LogP contribution is -2.55. The van der Waals surface area contributed by atoms with Gasteiger partial charge in [0.25, 0.3) is 0 Å². The fourth-order valence-electron chi connectivity index (χ4n) is 6.90. The molecule has 6 atom stereocenters. The lowest BCUT2D eigenvalue weighted by molar-refractivity contribution is -0.154. The molecule has 0 saturated carbocycles. The molecule has 3 heterocycles. The number of aliphatic hydroxyl groups excluding tert-OH is 1. The fraction of sp³-hybridized carbons (Fsp3) is 0.387. The Morgan fingerprint density at radius 1 is 1.10 bits per heavy atom. The monoisotopic (exact) mass is 544 g/mol. The van der Waals surface area contributed by atoms with Crippen LogP contribution in [0.3, 0.4) is 0 Å². The summed E-state index contributed by atoms with van der Waals surface area (Å²) in [4.78, 5) is 43.1. The average molecular weight is 545 g/mol. The van der Waals surface area contributed by atoms with Crippen LogP contribution in [0.2, 0.25) is 0 Å². The zero-order valence-electron chi connectivity index (χ0n) is 21.8. The van der Waals surface area contributed by atoms with Crippen LogP contribution in [0.5, 0.6) is 0 Å². The van der Waals surface area contributed by atoms with E-state index in [0.29, 0.717) is 18.5 Å². The first-order chi connectivity index (χ1) is 19.0. The normalized spacial score (nSPS) is 27.9. The van der Waals surface area contributed by atoms with E-state index in [0.717, 1.165) is 22.8 Å². The maximum absolute atomic E-state index is 14.2. The van der Waals surface area contributed by atoms with E-state index in [1.165, 1.54) is 0 Å². The molecule has 2 unspecified atom stereocenters. The summed E-state index contributed by atoms with van der Waals surface area (Å²) < 4.78 is 4.66. The van der Waals surface area contributed by atoms with Crippen molar-refractivity contribution >= 4 is 46.0 Å². The van der Waals surface area contributed by atoms with E-state index < -0.39 is 28.7 Å². The van der Waals surface area contributed by atoms with Crippen LogP contribution in [0.25, 0.3) is 10.8 Å². The van der Waals surface area contributed by atoms with Crippen molar-refractivity contribution in [3.63, 3.8) is 0 Å². The predicted octanol–water partition coefficient (Wildman–Crippen LogP) is 4.04. The molecule has 39 heavy (non-hydrogen) atoms. The van der Waals surface area contributed by atoms with Gasteiger partial charge in [-0.3, -0.25) is 14.4 Å². The number of fused-ring (bicyclic) bond motifs is 2. The van der Waals surface area contributed by atoms with Gasteiger partial charge in [-0.25, -0.2) is 0 Å². The smallest absolute Gasteiger partial charge is 0.310 e. The molecule has 6 rings (SSSR count). The van der Waals surface area contributed by atoms with Crippen LogP contribution in [0, 0.1) is 11.8 Å². The first kappa shape index (κ1) is 25.9. The van der Waals surface area contributed by atoms with Crippen molar-refractivity contribution in [3.05, 3.63) is 78.4 Å². The SMILES string of the molecule is CCOC(=O)[C@@H]1[C@H]2C(=O)N([C@@H](CO)Cc3ccccc3)C(C(=O)Nc3ccc4ccccc4c3)C23CC[C@H]1S3. The summed E-state index contributed by atoms with van der Waals surface area (Å²) in [7, 11) is 0. The van der Waals surface area contributed by atoms with Gasteiger partial charge in [-0.2, -0.15) is 0 Å². The maximum atomic E-state index is 14.2. The summed E-state index contributed by atoms with van der Waals surface area (Å²) in [5.74, 6) is -2.14. The van der Waals surface area contributed by atoms with E-state index in [2.05, 4.69) is 5.32 Å². The van der Waals surface area contributed by atoms with Gasteiger partial charge in [0.2, 0.25) is 11.8 Å². The summed E-state index contributed by atoms with van der Waals surface area (Å²) in [5.41, 5.74) is 1.61. The average Bonchev–Trinajstić information content (AvgIpc) is 3.59. The number of thioether (sulfide) groups is 1. The van der Waals surface area contributed by atoms with Gasteiger partial charge < -0.3 is 20.1 Å². The van der Waals surface area contributed by atoms with Gasteiger partial charge in [0.05, 0.1) is 35.8 Å². The van der Waals surface area contributed by atoms with Crippen molar-refractivity contribution in [2.45, 2.75) is 48.3 Å². The minimum atomic E-state index is -0.822. The lowest BCUT2D eigenvalue weighted by Gasteiger charge is -2.37. The highest BCUT2D eigenvalue weighted by atomic mass is 32.2. The predicted molar refractivity (Wildman–Crippen MR) is 151 cm³/mol. The molecule has 202 valence electrons. The van der Waals surface area contributed by atoms with Crippen molar-refractivity contribution < 1.29 is 24.2 Å². The number of hydrogen-bond acceptors (Lipinski definition) is 6. The zero-order valence-corrected chi connectivity index (χ0v) is 22.6. The number of amides is 2. The number of carbonyl (C=O) groups excluding carboxylic acids is 3. The van der Waals surface area contributed by atoms with Crippen molar-refractivity contribution in [1.29, 1.82) is 0 Å². The van der Waals surface area contributed by atoms with Gasteiger partial charge >= 0.3 is 5.97 Å². The molecular weight excluding hydrogens is 512 g/mol. The standard InChI is InChI=1S/C31H32N2O5S/c1-2-38-30(37)25-24-14-15-31(39-24)26(25)29(36)33(23(18-34)16-19-8-4-3-5-9-19)27(31)28(35)32-22-13-12-20-10-6-7-11-21(20)17-22/h3-13,17,23-27,34H,2,14-16,18H2,1H3,(H,32,35)/t23-,24-,25+,26+,27?,31?/m1/s1. The Labute approximate surface area is 231 Å². The summed E-state index contributed by atoms with van der Waals surface area (Å²) in [6.45, 7) is 1.71. The fourth-order valence-corrected chi connectivity index (χ4v) is 9.10. The lowest BCUT2D eigenvalue weighted by atomic mass is 9.71. The number of benzene rings is 3. The summed E-state index contributed by atoms with van der Waals surface area (Å²) in [6, 6.07) is 21.9. The number of anilines is 1. The van der Waals surface area contributed by atoms with Gasteiger partial charge in [-0.15, -0.1) is 11.8 Å². The molecule has 1 spiro atoms. The molecule has 3 aliphatic heterocycles. The Bertz CT molecular complexity index is 1410. The second-order valence-corrected chi connectivity index (χ2v) is 12.2. The van der Waals surface area contributed by atoms with Crippen LogP contribution in [0.4, 0.5) is 5.69 Å². The number of rotatable bonds is 8. The molecule has 0 aliphatic carbocycles. The van der Waals surface area contributed by atoms with E-state index in [1.807, 2.05) is 72.8 Å². The second kappa shape index (κ2) is 10.3. The van der Waals surface area contributed by atoms with Gasteiger partial charge in [0.1, 0.15) is 6.04 Å². The highest BCUT2D eigenvalue weighted by Crippen LogP contribution is 2.66. The number of carbonyl (C=O) groups is 3. The molecule has 0 aromatic heterocycles. The molecule has 3 saturated heterocycles. The quantitative estimate of drug-likeness (QED) is 0.416. The molecule has 0 radical (unpaired) electrons. The van der Waals surface area contributed by atoms with Crippen molar-refractivity contribution in [3.8, 4) is 0 Å². The Morgan fingerprint density at radius 3 is 2.59 bits per heavy atom. The van der Waals surface area contributed by atoms with Crippen molar-refractivity contribution in [1.82, 2.24) is 4.90 Å². The summed E-state index contributed by atoms with van der Waals surface area (Å²) in [5, 5.41) is 15.6. The number of esters is 1. The van der Waals surface area contributed by atoms with Crippen LogP contribution < -0.4 is 5.32 Å². The van der Waals surface area contributed by atoms with E-state index in [1.54, 1.807) is 23.6 Å². The third-order valence-corrected chi connectivity index (χ3v) is 10.4. The number of likely N-dealkylation sites (tertiary alicyclic amines) is 1. The minimum absolute atomic E-state index is 0.0576. The van der Waals surface area contributed by atoms with Crippen molar-refractivity contribution in [2.24, 2.45) is 11.8 Å². The van der Waals surface area contributed by atoms with Gasteiger partial charge in [-0.1, -0.05) is 60.7 Å². The Kier molecular flexibility index (Phi) is 6.85. The Balaban J connectivity index is 1.38. The zero-order chi connectivity index (χ0) is 27.1. The molecule has 3 aromatic rings. The third-order valence-electron chi connectivity index (χ3n) is 8.48. The van der Waals surface area contributed by atoms with Crippen molar-refractivity contribution in [2.75, 3.05) is 18.5 Å². The van der Waals surface area contributed by atoms with E-state index in [9.17, 15) is 19.5 Å². The number of ether oxygens (including phenoxy) is 1. The van der Waals surface area contributed by atoms with Crippen LogP contribution in [-0.2, 0) is 25.5 Å². The molecule has 7 nitrogen and oxygen atoms in total. The molecule has 3 fully saturated rings. The molecule has 2 amide bonds. The number of nitrogens with one attached hydrogen (secondary N) is 1. The first-order valence-corrected chi connectivity index (χ1v) is 14.5.